The lowest BCUT2D eigenvalue weighted by atomic mass is 10.3. The molecule has 0 saturated carbocycles. The topological polar surface area (TPSA) is 67.4 Å². The zero-order chi connectivity index (χ0) is 16.2. The molecule has 0 atom stereocenters. The van der Waals surface area contributed by atoms with Crippen molar-refractivity contribution in [3.8, 4) is 0 Å². The van der Waals surface area contributed by atoms with E-state index in [0.717, 1.165) is 18.9 Å². The maximum Gasteiger partial charge on any atom is 0.276 e. The maximum atomic E-state index is 12.2. The summed E-state index contributed by atoms with van der Waals surface area (Å²) in [5.74, 6) is 0.379. The summed E-state index contributed by atoms with van der Waals surface area (Å²) in [7, 11) is 0. The van der Waals surface area contributed by atoms with Gasteiger partial charge in [-0.25, -0.2) is 0 Å². The van der Waals surface area contributed by atoms with Crippen molar-refractivity contribution in [2.45, 2.75) is 0 Å². The van der Waals surface area contributed by atoms with Gasteiger partial charge in [0.15, 0.2) is 11.5 Å². The number of halogens is 2. The second-order valence-electron chi connectivity index (χ2n) is 4.96. The molecule has 0 unspecified atom stereocenters. The molecule has 6 nitrogen and oxygen atoms in total. The molecule has 1 fully saturated rings. The number of carbonyl (C=O) groups excluding carboxylic acids is 1. The zero-order valence-electron chi connectivity index (χ0n) is 12.1. The lowest BCUT2D eigenvalue weighted by Crippen LogP contribution is -2.37. The van der Waals surface area contributed by atoms with E-state index in [1.54, 1.807) is 30.3 Å². The largest absolute Gasteiger partial charge is 0.378 e. The van der Waals surface area contributed by atoms with Gasteiger partial charge in [0.1, 0.15) is 0 Å². The average molecular weight is 353 g/mol. The molecule has 0 spiro atoms. The minimum atomic E-state index is -0.357. The molecule has 1 N–H and O–H groups in total. The van der Waals surface area contributed by atoms with Crippen LogP contribution >= 0.6 is 23.2 Å². The Morgan fingerprint density at radius 3 is 2.52 bits per heavy atom. The van der Waals surface area contributed by atoms with Gasteiger partial charge in [0, 0.05) is 18.8 Å². The van der Waals surface area contributed by atoms with Gasteiger partial charge < -0.3 is 15.0 Å². The molecule has 1 aromatic heterocycles. The summed E-state index contributed by atoms with van der Waals surface area (Å²) >= 11 is 11.8. The lowest BCUT2D eigenvalue weighted by Gasteiger charge is -2.27. The summed E-state index contributed by atoms with van der Waals surface area (Å²) < 4.78 is 5.29. The first-order valence-electron chi connectivity index (χ1n) is 7.06. The number of aromatic nitrogens is 2. The molecule has 2 aromatic rings. The van der Waals surface area contributed by atoms with E-state index in [1.165, 1.54) is 0 Å². The fourth-order valence-electron chi connectivity index (χ4n) is 2.18. The van der Waals surface area contributed by atoms with Gasteiger partial charge in [0.25, 0.3) is 5.91 Å². The third kappa shape index (κ3) is 3.90. The Morgan fingerprint density at radius 2 is 1.87 bits per heavy atom. The molecule has 8 heteroatoms. The summed E-state index contributed by atoms with van der Waals surface area (Å²) in [6, 6.07) is 8.29. The van der Waals surface area contributed by atoms with Gasteiger partial charge in [0.05, 0.1) is 23.3 Å². The first-order chi connectivity index (χ1) is 11.1. The van der Waals surface area contributed by atoms with Crippen LogP contribution in [-0.2, 0) is 4.74 Å². The predicted octanol–water partition coefficient (Wildman–Crippen LogP) is 2.87. The summed E-state index contributed by atoms with van der Waals surface area (Å²) in [6.45, 7) is 2.87. The van der Waals surface area contributed by atoms with Crippen molar-refractivity contribution >= 4 is 40.6 Å². The van der Waals surface area contributed by atoms with Crippen molar-refractivity contribution < 1.29 is 9.53 Å². The van der Waals surface area contributed by atoms with Crippen molar-refractivity contribution in [3.05, 3.63) is 46.1 Å². The Hall–Kier alpha value is -1.89. The van der Waals surface area contributed by atoms with Crippen LogP contribution in [0.4, 0.5) is 11.5 Å². The molecule has 1 amide bonds. The number of nitrogens with zero attached hydrogens (tertiary/aromatic N) is 3. The van der Waals surface area contributed by atoms with Crippen molar-refractivity contribution in [1.29, 1.82) is 0 Å². The molecule has 1 aliphatic rings. The van der Waals surface area contributed by atoms with E-state index in [2.05, 4.69) is 20.4 Å². The lowest BCUT2D eigenvalue weighted by molar-refractivity contribution is 0.102. The molecule has 120 valence electrons. The minimum absolute atomic E-state index is 0.230. The molecule has 1 aliphatic heterocycles. The van der Waals surface area contributed by atoms with Gasteiger partial charge in [-0.3, -0.25) is 4.79 Å². The first kappa shape index (κ1) is 16.0. The first-order valence-corrected chi connectivity index (χ1v) is 7.82. The number of hydrogen-bond donors (Lipinski definition) is 1. The number of nitrogens with one attached hydrogen (secondary N) is 1. The Kier molecular flexibility index (Phi) is 4.95. The van der Waals surface area contributed by atoms with Gasteiger partial charge in [-0.15, -0.1) is 10.2 Å². The molecule has 3 rings (SSSR count). The van der Waals surface area contributed by atoms with Crippen LogP contribution in [0, 0.1) is 0 Å². The number of amides is 1. The van der Waals surface area contributed by atoms with Gasteiger partial charge in [-0.05, 0) is 30.3 Å². The van der Waals surface area contributed by atoms with Gasteiger partial charge >= 0.3 is 0 Å². The standard InChI is InChI=1S/C15H14Cl2N4O2/c16-11-2-1-10(9-12(11)17)18-15(22)13-3-4-14(20-19-13)21-5-7-23-8-6-21/h1-4,9H,5-8H2,(H,18,22). The van der Waals surface area contributed by atoms with E-state index >= 15 is 0 Å². The predicted molar refractivity (Wildman–Crippen MR) is 89.5 cm³/mol. The summed E-state index contributed by atoms with van der Waals surface area (Å²) in [5, 5.41) is 11.6. The number of morpholine rings is 1. The van der Waals surface area contributed by atoms with E-state index < -0.39 is 0 Å². The Balaban J connectivity index is 1.68. The van der Waals surface area contributed by atoms with Crippen LogP contribution in [0.15, 0.2) is 30.3 Å². The quantitative estimate of drug-likeness (QED) is 0.919. The number of benzene rings is 1. The van der Waals surface area contributed by atoms with E-state index in [9.17, 15) is 4.79 Å². The van der Waals surface area contributed by atoms with Crippen LogP contribution in [0.5, 0.6) is 0 Å². The van der Waals surface area contributed by atoms with Gasteiger partial charge in [-0.2, -0.15) is 0 Å². The second-order valence-corrected chi connectivity index (χ2v) is 5.77. The van der Waals surface area contributed by atoms with E-state index in [4.69, 9.17) is 27.9 Å². The molecular weight excluding hydrogens is 339 g/mol. The molecule has 2 heterocycles. The van der Waals surface area contributed by atoms with Crippen LogP contribution in [0.3, 0.4) is 0 Å². The fourth-order valence-corrected chi connectivity index (χ4v) is 2.47. The number of ether oxygens (including phenoxy) is 1. The molecular formula is C15H14Cl2N4O2. The van der Waals surface area contributed by atoms with Crippen LogP contribution in [0.25, 0.3) is 0 Å². The molecule has 0 aliphatic carbocycles. The SMILES string of the molecule is O=C(Nc1ccc(Cl)c(Cl)c1)c1ccc(N2CCOCC2)nn1. The summed E-state index contributed by atoms with van der Waals surface area (Å²) in [4.78, 5) is 14.2. The van der Waals surface area contributed by atoms with Crippen LogP contribution < -0.4 is 10.2 Å². The highest BCUT2D eigenvalue weighted by Crippen LogP contribution is 2.25. The number of anilines is 2. The molecule has 23 heavy (non-hydrogen) atoms. The Morgan fingerprint density at radius 1 is 1.09 bits per heavy atom. The number of carbonyl (C=O) groups is 1. The molecule has 1 saturated heterocycles. The van der Waals surface area contributed by atoms with E-state index in [-0.39, 0.29) is 11.6 Å². The average Bonchev–Trinajstić information content (AvgIpc) is 2.59. The minimum Gasteiger partial charge on any atom is -0.378 e. The third-order valence-corrected chi connectivity index (χ3v) is 4.13. The Labute approximate surface area is 143 Å². The highest BCUT2D eigenvalue weighted by molar-refractivity contribution is 6.42. The Bertz CT molecular complexity index is 703. The zero-order valence-corrected chi connectivity index (χ0v) is 13.6. The van der Waals surface area contributed by atoms with E-state index in [1.807, 2.05) is 0 Å². The second kappa shape index (κ2) is 7.12. The number of rotatable bonds is 3. The maximum absolute atomic E-state index is 12.2. The van der Waals surface area contributed by atoms with Crippen molar-refractivity contribution in [2.24, 2.45) is 0 Å². The third-order valence-electron chi connectivity index (χ3n) is 3.40. The smallest absolute Gasteiger partial charge is 0.276 e. The molecule has 1 aromatic carbocycles. The van der Waals surface area contributed by atoms with Crippen molar-refractivity contribution in [2.75, 3.05) is 36.5 Å². The number of hydrogen-bond acceptors (Lipinski definition) is 5. The molecule has 0 radical (unpaired) electrons. The van der Waals surface area contributed by atoms with Crippen molar-refractivity contribution in [1.82, 2.24) is 10.2 Å². The monoisotopic (exact) mass is 352 g/mol. The van der Waals surface area contributed by atoms with Gasteiger partial charge in [-0.1, -0.05) is 23.2 Å². The van der Waals surface area contributed by atoms with E-state index in [0.29, 0.717) is 28.9 Å². The van der Waals surface area contributed by atoms with Crippen LogP contribution in [-0.4, -0.2) is 42.4 Å². The summed E-state index contributed by atoms with van der Waals surface area (Å²) in [6.07, 6.45) is 0. The highest BCUT2D eigenvalue weighted by atomic mass is 35.5. The highest BCUT2D eigenvalue weighted by Gasteiger charge is 2.15. The van der Waals surface area contributed by atoms with Crippen LogP contribution in [0.1, 0.15) is 10.5 Å². The van der Waals surface area contributed by atoms with Gasteiger partial charge in [0.2, 0.25) is 0 Å². The normalized spacial score (nSPS) is 14.6. The molecule has 0 bridgehead atoms. The van der Waals surface area contributed by atoms with Crippen molar-refractivity contribution in [3.63, 3.8) is 0 Å². The summed E-state index contributed by atoms with van der Waals surface area (Å²) in [5.41, 5.74) is 0.775. The van der Waals surface area contributed by atoms with Crippen LogP contribution in [0.2, 0.25) is 10.0 Å². The fraction of sp³-hybridized carbons (Fsp3) is 0.267.